The Morgan fingerprint density at radius 1 is 0.789 bits per heavy atom. The molecule has 0 nitrogen and oxygen atoms in total. The van der Waals surface area contributed by atoms with Gasteiger partial charge >= 0.3 is 0 Å². The summed E-state index contributed by atoms with van der Waals surface area (Å²) >= 11 is 0. The standard InChI is InChI=1S/C19H16/c1-2-14-16-9-5-6-10-17(16)19-15-8-4-3-7-13(15)11-12-18(14)19/h3-12,14H,2H2,1H3. The molecule has 0 aromatic heterocycles. The Kier molecular flexibility index (Phi) is 2.25. The lowest BCUT2D eigenvalue weighted by molar-refractivity contribution is 0.798. The minimum Gasteiger partial charge on any atom is -0.0645 e. The van der Waals surface area contributed by atoms with Crippen molar-refractivity contribution in [2.24, 2.45) is 0 Å². The Balaban J connectivity index is 2.15. The Hall–Kier alpha value is -2.08. The van der Waals surface area contributed by atoms with Gasteiger partial charge in [-0.1, -0.05) is 67.6 Å². The Bertz CT molecular complexity index is 768. The predicted octanol–water partition coefficient (Wildman–Crippen LogP) is 5.36. The first-order chi connectivity index (χ1) is 9.40. The van der Waals surface area contributed by atoms with Gasteiger partial charge in [0, 0.05) is 5.92 Å². The van der Waals surface area contributed by atoms with E-state index in [0.717, 1.165) is 0 Å². The summed E-state index contributed by atoms with van der Waals surface area (Å²) in [6, 6.07) is 22.2. The lowest BCUT2D eigenvalue weighted by Gasteiger charge is -2.10. The highest BCUT2D eigenvalue weighted by Crippen LogP contribution is 2.48. The maximum Gasteiger partial charge on any atom is 0.00992 e. The Morgan fingerprint density at radius 3 is 2.47 bits per heavy atom. The van der Waals surface area contributed by atoms with Gasteiger partial charge in [0.05, 0.1) is 0 Å². The first kappa shape index (κ1) is 10.8. The van der Waals surface area contributed by atoms with Gasteiger partial charge in [-0.2, -0.15) is 0 Å². The summed E-state index contributed by atoms with van der Waals surface area (Å²) in [6.07, 6.45) is 1.17. The molecule has 1 atom stereocenters. The molecule has 4 rings (SSSR count). The average molecular weight is 244 g/mol. The number of benzene rings is 3. The van der Waals surface area contributed by atoms with Crippen molar-refractivity contribution in [3.8, 4) is 11.1 Å². The molecule has 1 aliphatic rings. The van der Waals surface area contributed by atoms with Crippen LogP contribution in [0.2, 0.25) is 0 Å². The van der Waals surface area contributed by atoms with Crippen LogP contribution in [0.4, 0.5) is 0 Å². The van der Waals surface area contributed by atoms with Gasteiger partial charge in [0.2, 0.25) is 0 Å². The molecule has 0 bridgehead atoms. The lowest BCUT2D eigenvalue weighted by Crippen LogP contribution is -1.93. The molecule has 0 heteroatoms. The fraction of sp³-hybridized carbons (Fsp3) is 0.158. The highest BCUT2D eigenvalue weighted by atomic mass is 14.3. The maximum atomic E-state index is 2.33. The molecule has 0 heterocycles. The van der Waals surface area contributed by atoms with Crippen molar-refractivity contribution in [3.63, 3.8) is 0 Å². The molecular formula is C19H16. The lowest BCUT2D eigenvalue weighted by atomic mass is 9.93. The van der Waals surface area contributed by atoms with Gasteiger partial charge in [-0.15, -0.1) is 0 Å². The molecule has 92 valence electrons. The van der Waals surface area contributed by atoms with Gasteiger partial charge in [-0.25, -0.2) is 0 Å². The normalized spacial score (nSPS) is 16.4. The Labute approximate surface area is 113 Å². The van der Waals surface area contributed by atoms with Crippen LogP contribution >= 0.6 is 0 Å². The van der Waals surface area contributed by atoms with Crippen LogP contribution in [0.1, 0.15) is 30.4 Å². The molecule has 0 fully saturated rings. The van der Waals surface area contributed by atoms with Crippen molar-refractivity contribution in [1.82, 2.24) is 0 Å². The van der Waals surface area contributed by atoms with E-state index in [1.807, 2.05) is 0 Å². The van der Waals surface area contributed by atoms with Crippen molar-refractivity contribution < 1.29 is 0 Å². The molecule has 0 aliphatic heterocycles. The second-order valence-electron chi connectivity index (χ2n) is 5.30. The average Bonchev–Trinajstić information content (AvgIpc) is 2.81. The van der Waals surface area contributed by atoms with Gasteiger partial charge in [0.25, 0.3) is 0 Å². The van der Waals surface area contributed by atoms with Gasteiger partial charge in [0.1, 0.15) is 0 Å². The number of rotatable bonds is 1. The van der Waals surface area contributed by atoms with Gasteiger partial charge < -0.3 is 0 Å². The van der Waals surface area contributed by atoms with Crippen LogP contribution in [-0.4, -0.2) is 0 Å². The molecule has 0 spiro atoms. The van der Waals surface area contributed by atoms with Crippen LogP contribution in [-0.2, 0) is 0 Å². The summed E-state index contributed by atoms with van der Waals surface area (Å²) in [5.41, 5.74) is 5.89. The Morgan fingerprint density at radius 2 is 1.58 bits per heavy atom. The summed E-state index contributed by atoms with van der Waals surface area (Å²) in [6.45, 7) is 2.28. The number of hydrogen-bond acceptors (Lipinski definition) is 0. The van der Waals surface area contributed by atoms with Gasteiger partial charge in [-0.05, 0) is 39.4 Å². The molecule has 3 aromatic carbocycles. The molecule has 1 unspecified atom stereocenters. The third-order valence-corrected chi connectivity index (χ3v) is 4.35. The third kappa shape index (κ3) is 1.40. The summed E-state index contributed by atoms with van der Waals surface area (Å²) in [5.74, 6) is 0.566. The van der Waals surface area contributed by atoms with Crippen LogP contribution in [0.25, 0.3) is 21.9 Å². The predicted molar refractivity (Wildman–Crippen MR) is 81.5 cm³/mol. The van der Waals surface area contributed by atoms with Gasteiger partial charge in [-0.3, -0.25) is 0 Å². The highest BCUT2D eigenvalue weighted by molar-refractivity contribution is 6.01. The van der Waals surface area contributed by atoms with Crippen LogP contribution in [0, 0.1) is 0 Å². The van der Waals surface area contributed by atoms with E-state index in [-0.39, 0.29) is 0 Å². The van der Waals surface area contributed by atoms with Crippen LogP contribution in [0.15, 0.2) is 60.7 Å². The van der Waals surface area contributed by atoms with E-state index in [1.165, 1.54) is 39.4 Å². The maximum absolute atomic E-state index is 2.33. The summed E-state index contributed by atoms with van der Waals surface area (Å²) in [7, 11) is 0. The molecule has 0 amide bonds. The quantitative estimate of drug-likeness (QED) is 0.540. The molecule has 0 N–H and O–H groups in total. The molecule has 0 saturated heterocycles. The first-order valence-corrected chi connectivity index (χ1v) is 7.01. The van der Waals surface area contributed by atoms with E-state index in [2.05, 4.69) is 67.6 Å². The van der Waals surface area contributed by atoms with E-state index < -0.39 is 0 Å². The molecule has 0 saturated carbocycles. The van der Waals surface area contributed by atoms with Gasteiger partial charge in [0.15, 0.2) is 0 Å². The SMILES string of the molecule is CCC1c2ccccc2-c2c1ccc1ccccc21. The van der Waals surface area contributed by atoms with Crippen molar-refractivity contribution in [1.29, 1.82) is 0 Å². The molecular weight excluding hydrogens is 228 g/mol. The number of fused-ring (bicyclic) bond motifs is 5. The molecule has 1 aliphatic carbocycles. The fourth-order valence-electron chi connectivity index (χ4n) is 3.52. The zero-order valence-electron chi connectivity index (χ0n) is 11.1. The van der Waals surface area contributed by atoms with Crippen LogP contribution < -0.4 is 0 Å². The second kappa shape index (κ2) is 3.96. The fourth-order valence-corrected chi connectivity index (χ4v) is 3.52. The second-order valence-corrected chi connectivity index (χ2v) is 5.30. The summed E-state index contributed by atoms with van der Waals surface area (Å²) in [4.78, 5) is 0. The summed E-state index contributed by atoms with van der Waals surface area (Å²) in [5, 5.41) is 2.73. The van der Waals surface area contributed by atoms with Crippen LogP contribution in [0.5, 0.6) is 0 Å². The van der Waals surface area contributed by atoms with Crippen LogP contribution in [0.3, 0.4) is 0 Å². The van der Waals surface area contributed by atoms with E-state index >= 15 is 0 Å². The van der Waals surface area contributed by atoms with E-state index in [9.17, 15) is 0 Å². The molecule has 3 aromatic rings. The van der Waals surface area contributed by atoms with Crippen molar-refractivity contribution >= 4 is 10.8 Å². The zero-order chi connectivity index (χ0) is 12.8. The smallest absolute Gasteiger partial charge is 0.00992 e. The van der Waals surface area contributed by atoms with Crippen molar-refractivity contribution in [2.45, 2.75) is 19.3 Å². The highest BCUT2D eigenvalue weighted by Gasteiger charge is 2.28. The van der Waals surface area contributed by atoms with E-state index in [1.54, 1.807) is 0 Å². The first-order valence-electron chi connectivity index (χ1n) is 7.01. The van der Waals surface area contributed by atoms with E-state index in [0.29, 0.717) is 5.92 Å². The minimum absolute atomic E-state index is 0.566. The third-order valence-electron chi connectivity index (χ3n) is 4.35. The monoisotopic (exact) mass is 244 g/mol. The van der Waals surface area contributed by atoms with Crippen molar-refractivity contribution in [2.75, 3.05) is 0 Å². The minimum atomic E-state index is 0.566. The number of hydrogen-bond donors (Lipinski definition) is 0. The largest absolute Gasteiger partial charge is 0.0645 e. The zero-order valence-corrected chi connectivity index (χ0v) is 11.1. The van der Waals surface area contributed by atoms with E-state index in [4.69, 9.17) is 0 Å². The topological polar surface area (TPSA) is 0 Å². The molecule has 19 heavy (non-hydrogen) atoms. The summed E-state index contributed by atoms with van der Waals surface area (Å²) < 4.78 is 0. The molecule has 0 radical (unpaired) electrons. The van der Waals surface area contributed by atoms with Crippen molar-refractivity contribution in [3.05, 3.63) is 71.8 Å².